The third kappa shape index (κ3) is 1.49. The van der Waals surface area contributed by atoms with Crippen LogP contribution in [0, 0.1) is 5.82 Å². The first-order valence-electron chi connectivity index (χ1n) is 4.66. The van der Waals surface area contributed by atoms with Crippen LogP contribution in [0.3, 0.4) is 0 Å². The Morgan fingerprint density at radius 3 is 2.67 bits per heavy atom. The number of rotatable bonds is 0. The van der Waals surface area contributed by atoms with Crippen LogP contribution in [0.1, 0.15) is 0 Å². The Labute approximate surface area is 91.3 Å². The van der Waals surface area contributed by atoms with Crippen LogP contribution in [0.2, 0.25) is 0 Å². The van der Waals surface area contributed by atoms with Crippen molar-refractivity contribution in [1.82, 2.24) is 0 Å². The Morgan fingerprint density at radius 1 is 0.933 bits per heavy atom. The molecule has 0 aromatic heterocycles. The van der Waals surface area contributed by atoms with E-state index in [2.05, 4.69) is 5.32 Å². The van der Waals surface area contributed by atoms with Gasteiger partial charge in [-0.3, -0.25) is 0 Å². The van der Waals surface area contributed by atoms with Gasteiger partial charge in [0, 0.05) is 9.79 Å². The van der Waals surface area contributed by atoms with Crippen molar-refractivity contribution in [3.05, 3.63) is 48.3 Å². The first-order chi connectivity index (χ1) is 7.33. The first-order valence-corrected chi connectivity index (χ1v) is 5.48. The van der Waals surface area contributed by atoms with E-state index in [0.29, 0.717) is 0 Å². The van der Waals surface area contributed by atoms with Crippen molar-refractivity contribution in [2.24, 2.45) is 0 Å². The van der Waals surface area contributed by atoms with E-state index in [4.69, 9.17) is 0 Å². The van der Waals surface area contributed by atoms with Gasteiger partial charge >= 0.3 is 0 Å². The fraction of sp³-hybridized carbons (Fsp3) is 0. The molecule has 0 saturated carbocycles. The summed E-state index contributed by atoms with van der Waals surface area (Å²) in [6.07, 6.45) is 0. The van der Waals surface area contributed by atoms with Gasteiger partial charge in [-0.05, 0) is 30.3 Å². The maximum absolute atomic E-state index is 13.0. The minimum atomic E-state index is -0.192. The third-order valence-electron chi connectivity index (χ3n) is 2.32. The van der Waals surface area contributed by atoms with Crippen LogP contribution in [-0.2, 0) is 0 Å². The van der Waals surface area contributed by atoms with Gasteiger partial charge in [0.05, 0.1) is 11.4 Å². The van der Waals surface area contributed by atoms with Gasteiger partial charge < -0.3 is 5.32 Å². The van der Waals surface area contributed by atoms with Crippen molar-refractivity contribution in [2.75, 3.05) is 5.32 Å². The minimum Gasteiger partial charge on any atom is -0.354 e. The summed E-state index contributed by atoms with van der Waals surface area (Å²) in [4.78, 5) is 2.07. The SMILES string of the molecule is Fc1ccc2c(c1)Sc1ccccc1N2. The van der Waals surface area contributed by atoms with Crippen molar-refractivity contribution in [1.29, 1.82) is 0 Å². The number of nitrogens with one attached hydrogen (secondary N) is 1. The minimum absolute atomic E-state index is 0.192. The number of hydrogen-bond donors (Lipinski definition) is 1. The fourth-order valence-electron chi connectivity index (χ4n) is 1.61. The van der Waals surface area contributed by atoms with Gasteiger partial charge in [-0.2, -0.15) is 0 Å². The molecule has 2 aromatic rings. The van der Waals surface area contributed by atoms with Gasteiger partial charge in [0.15, 0.2) is 0 Å². The Bertz CT molecular complexity index is 525. The Balaban J connectivity index is 2.11. The predicted octanol–water partition coefficient (Wildman–Crippen LogP) is 4.03. The lowest BCUT2D eigenvalue weighted by Gasteiger charge is -2.20. The Hall–Kier alpha value is -1.48. The maximum atomic E-state index is 13.0. The van der Waals surface area contributed by atoms with Gasteiger partial charge in [-0.25, -0.2) is 4.39 Å². The molecule has 0 atom stereocenters. The Kier molecular flexibility index (Phi) is 1.92. The molecule has 2 aromatic carbocycles. The lowest BCUT2D eigenvalue weighted by atomic mass is 10.2. The summed E-state index contributed by atoms with van der Waals surface area (Å²) >= 11 is 1.59. The molecule has 0 spiro atoms. The van der Waals surface area contributed by atoms with Gasteiger partial charge in [0.1, 0.15) is 5.82 Å². The molecule has 15 heavy (non-hydrogen) atoms. The molecule has 1 aliphatic rings. The van der Waals surface area contributed by atoms with Gasteiger partial charge in [0.2, 0.25) is 0 Å². The Morgan fingerprint density at radius 2 is 1.73 bits per heavy atom. The monoisotopic (exact) mass is 217 g/mol. The average molecular weight is 217 g/mol. The molecule has 0 bridgehead atoms. The molecule has 1 nitrogen and oxygen atoms in total. The number of para-hydroxylation sites is 1. The lowest BCUT2D eigenvalue weighted by Crippen LogP contribution is -1.99. The second-order valence-electron chi connectivity index (χ2n) is 3.36. The van der Waals surface area contributed by atoms with E-state index in [1.54, 1.807) is 23.9 Å². The lowest BCUT2D eigenvalue weighted by molar-refractivity contribution is 0.624. The van der Waals surface area contributed by atoms with E-state index < -0.39 is 0 Å². The number of anilines is 2. The standard InChI is InChI=1S/C12H8FNS/c13-8-5-6-10-12(7-8)15-11-4-2-1-3-9(11)14-10/h1-7,14H. The maximum Gasteiger partial charge on any atom is 0.124 e. The average Bonchev–Trinajstić information content (AvgIpc) is 2.26. The van der Waals surface area contributed by atoms with Crippen LogP contribution in [-0.4, -0.2) is 0 Å². The molecule has 0 saturated heterocycles. The van der Waals surface area contributed by atoms with Crippen molar-refractivity contribution in [3.63, 3.8) is 0 Å². The quantitative estimate of drug-likeness (QED) is 0.610. The number of halogens is 1. The number of hydrogen-bond acceptors (Lipinski definition) is 2. The van der Waals surface area contributed by atoms with E-state index in [9.17, 15) is 4.39 Å². The van der Waals surface area contributed by atoms with E-state index >= 15 is 0 Å². The number of fused-ring (bicyclic) bond motifs is 2. The topological polar surface area (TPSA) is 12.0 Å². The van der Waals surface area contributed by atoms with Crippen LogP contribution in [0.15, 0.2) is 52.3 Å². The summed E-state index contributed by atoms with van der Waals surface area (Å²) in [5.41, 5.74) is 2.06. The molecule has 0 amide bonds. The molecule has 3 rings (SSSR count). The van der Waals surface area contributed by atoms with Crippen LogP contribution >= 0.6 is 11.8 Å². The largest absolute Gasteiger partial charge is 0.354 e. The molecule has 1 aliphatic heterocycles. The summed E-state index contributed by atoms with van der Waals surface area (Å²) < 4.78 is 13.0. The molecule has 3 heteroatoms. The fourth-order valence-corrected chi connectivity index (χ4v) is 2.62. The van der Waals surface area contributed by atoms with Gasteiger partial charge in [-0.1, -0.05) is 23.9 Å². The molecule has 74 valence electrons. The zero-order valence-corrected chi connectivity index (χ0v) is 8.64. The summed E-state index contributed by atoms with van der Waals surface area (Å²) in [6, 6.07) is 12.8. The second kappa shape index (κ2) is 3.28. The summed E-state index contributed by atoms with van der Waals surface area (Å²) in [5, 5.41) is 3.28. The normalized spacial score (nSPS) is 12.6. The molecule has 0 radical (unpaired) electrons. The molecular formula is C12H8FNS. The third-order valence-corrected chi connectivity index (χ3v) is 3.45. The zero-order chi connectivity index (χ0) is 10.3. The highest BCUT2D eigenvalue weighted by Gasteiger charge is 2.14. The summed E-state index contributed by atoms with van der Waals surface area (Å²) in [7, 11) is 0. The van der Waals surface area contributed by atoms with E-state index in [1.807, 2.05) is 24.3 Å². The first kappa shape index (κ1) is 8.80. The molecule has 1 N–H and O–H groups in total. The van der Waals surface area contributed by atoms with Gasteiger partial charge in [0.25, 0.3) is 0 Å². The zero-order valence-electron chi connectivity index (χ0n) is 7.83. The van der Waals surface area contributed by atoms with Crippen molar-refractivity contribution < 1.29 is 4.39 Å². The molecule has 1 heterocycles. The van der Waals surface area contributed by atoms with Crippen molar-refractivity contribution in [3.8, 4) is 0 Å². The highest BCUT2D eigenvalue weighted by molar-refractivity contribution is 7.99. The highest BCUT2D eigenvalue weighted by atomic mass is 32.2. The number of benzene rings is 2. The van der Waals surface area contributed by atoms with E-state index in [0.717, 1.165) is 21.2 Å². The van der Waals surface area contributed by atoms with Crippen LogP contribution in [0.4, 0.5) is 15.8 Å². The predicted molar refractivity (Wildman–Crippen MR) is 60.2 cm³/mol. The van der Waals surface area contributed by atoms with Crippen LogP contribution in [0.5, 0.6) is 0 Å². The molecule has 0 unspecified atom stereocenters. The second-order valence-corrected chi connectivity index (χ2v) is 4.45. The summed E-state index contributed by atoms with van der Waals surface area (Å²) in [5.74, 6) is -0.192. The molecular weight excluding hydrogens is 209 g/mol. The van der Waals surface area contributed by atoms with E-state index in [1.165, 1.54) is 6.07 Å². The highest BCUT2D eigenvalue weighted by Crippen LogP contribution is 2.43. The smallest absolute Gasteiger partial charge is 0.124 e. The van der Waals surface area contributed by atoms with Crippen molar-refractivity contribution >= 4 is 23.1 Å². The molecule has 0 aliphatic carbocycles. The van der Waals surface area contributed by atoms with Gasteiger partial charge in [-0.15, -0.1) is 0 Å². The van der Waals surface area contributed by atoms with Crippen molar-refractivity contribution in [2.45, 2.75) is 9.79 Å². The molecule has 0 fully saturated rings. The summed E-state index contributed by atoms with van der Waals surface area (Å²) in [6.45, 7) is 0. The van der Waals surface area contributed by atoms with Crippen LogP contribution < -0.4 is 5.32 Å². The van der Waals surface area contributed by atoms with E-state index in [-0.39, 0.29) is 5.82 Å². The van der Waals surface area contributed by atoms with Crippen LogP contribution in [0.25, 0.3) is 0 Å².